The molecule has 29 heavy (non-hydrogen) atoms. The molecule has 0 N–H and O–H groups in total. The van der Waals surface area contributed by atoms with Gasteiger partial charge in [-0.05, 0) is 44.9 Å². The largest absolute Gasteiger partial charge is 0.325 e. The van der Waals surface area contributed by atoms with Crippen LogP contribution in [0.1, 0.15) is 44.7 Å². The van der Waals surface area contributed by atoms with Crippen molar-refractivity contribution >= 4 is 23.4 Å². The first-order valence-electron chi connectivity index (χ1n) is 10.0. The maximum absolute atomic E-state index is 13.3. The summed E-state index contributed by atoms with van der Waals surface area (Å²) in [5.41, 5.74) is 1.95. The lowest BCUT2D eigenvalue weighted by molar-refractivity contribution is -0.144. The summed E-state index contributed by atoms with van der Waals surface area (Å²) in [6, 6.07) is 16.0. The lowest BCUT2D eigenvalue weighted by Crippen LogP contribution is -2.56. The number of amides is 3. The van der Waals surface area contributed by atoms with Gasteiger partial charge in [0.15, 0.2) is 0 Å². The van der Waals surface area contributed by atoms with E-state index in [1.54, 1.807) is 17.0 Å². The minimum absolute atomic E-state index is 0.0106. The number of carbonyl (C=O) groups is 3. The number of benzene rings is 2. The molecule has 0 bridgehead atoms. The second-order valence-corrected chi connectivity index (χ2v) is 8.21. The summed E-state index contributed by atoms with van der Waals surface area (Å²) in [6.07, 6.45) is 0.888. The molecule has 0 spiro atoms. The molecule has 2 aromatic carbocycles. The third-order valence-electron chi connectivity index (χ3n) is 5.71. The van der Waals surface area contributed by atoms with Gasteiger partial charge in [0.1, 0.15) is 6.04 Å². The Morgan fingerprint density at radius 2 is 1.69 bits per heavy atom. The molecule has 0 aliphatic carbocycles. The summed E-state index contributed by atoms with van der Waals surface area (Å²) in [6.45, 7) is 7.83. The first-order chi connectivity index (χ1) is 13.7. The van der Waals surface area contributed by atoms with Crippen LogP contribution in [-0.4, -0.2) is 34.2 Å². The van der Waals surface area contributed by atoms with Crippen molar-refractivity contribution in [2.24, 2.45) is 0 Å². The predicted octanol–water partition coefficient (Wildman–Crippen LogP) is 3.89. The zero-order valence-electron chi connectivity index (χ0n) is 17.5. The summed E-state index contributed by atoms with van der Waals surface area (Å²) >= 11 is 0. The van der Waals surface area contributed by atoms with Crippen LogP contribution in [0, 0.1) is 6.92 Å². The molecule has 152 valence electrons. The molecular weight excluding hydrogens is 364 g/mol. The maximum Gasteiger partial charge on any atom is 0.257 e. The average Bonchev–Trinajstić information content (AvgIpc) is 2.97. The minimum atomic E-state index is -0.782. The highest BCUT2D eigenvalue weighted by Crippen LogP contribution is 2.31. The van der Waals surface area contributed by atoms with E-state index in [2.05, 4.69) is 0 Å². The van der Waals surface area contributed by atoms with Crippen molar-refractivity contribution in [2.75, 3.05) is 4.90 Å². The van der Waals surface area contributed by atoms with Gasteiger partial charge < -0.3 is 4.90 Å². The number of aryl methyl sites for hydroxylation is 1. The van der Waals surface area contributed by atoms with Gasteiger partial charge in [0.05, 0.1) is 18.5 Å². The van der Waals surface area contributed by atoms with E-state index in [1.165, 1.54) is 4.90 Å². The number of hydrogen-bond acceptors (Lipinski definition) is 3. The van der Waals surface area contributed by atoms with E-state index in [1.807, 2.05) is 70.2 Å². The van der Waals surface area contributed by atoms with Gasteiger partial charge in [0, 0.05) is 5.54 Å². The van der Waals surface area contributed by atoms with E-state index in [4.69, 9.17) is 0 Å². The molecule has 0 radical (unpaired) electrons. The Hall–Kier alpha value is -2.95. The van der Waals surface area contributed by atoms with Crippen LogP contribution in [-0.2, 0) is 20.8 Å². The first-order valence-corrected chi connectivity index (χ1v) is 10.0. The molecule has 1 atom stereocenters. The zero-order chi connectivity index (χ0) is 21.2. The van der Waals surface area contributed by atoms with Crippen LogP contribution in [0.5, 0.6) is 0 Å². The van der Waals surface area contributed by atoms with Crippen molar-refractivity contribution in [3.8, 4) is 0 Å². The Bertz CT molecular complexity index is 903. The van der Waals surface area contributed by atoms with E-state index in [9.17, 15) is 14.4 Å². The van der Waals surface area contributed by atoms with E-state index >= 15 is 0 Å². The zero-order valence-corrected chi connectivity index (χ0v) is 17.5. The quantitative estimate of drug-likeness (QED) is 0.701. The Balaban J connectivity index is 1.92. The Morgan fingerprint density at radius 3 is 2.28 bits per heavy atom. The van der Waals surface area contributed by atoms with Crippen molar-refractivity contribution in [1.29, 1.82) is 0 Å². The third kappa shape index (κ3) is 4.24. The first kappa shape index (κ1) is 20.8. The third-order valence-corrected chi connectivity index (χ3v) is 5.71. The molecule has 2 aromatic rings. The molecule has 1 heterocycles. The second kappa shape index (κ2) is 8.19. The maximum atomic E-state index is 13.3. The standard InChI is InChI=1S/C24H28N2O3/c1-5-24(3,4)26(22(28)15-18-9-7-6-8-10-18)20-16-21(27)25(23(20)29)19-13-11-17(2)12-14-19/h6-14,20H,5,15-16H2,1-4H3. The fraction of sp³-hybridized carbons (Fsp3) is 0.375. The molecule has 3 amide bonds. The molecule has 5 heteroatoms. The molecule has 5 nitrogen and oxygen atoms in total. The lowest BCUT2D eigenvalue weighted by Gasteiger charge is -2.41. The van der Waals surface area contributed by atoms with Gasteiger partial charge >= 0.3 is 0 Å². The fourth-order valence-corrected chi connectivity index (χ4v) is 3.74. The summed E-state index contributed by atoms with van der Waals surface area (Å²) in [5.74, 6) is -0.741. The van der Waals surface area contributed by atoms with Gasteiger partial charge in [-0.2, -0.15) is 0 Å². The summed E-state index contributed by atoms with van der Waals surface area (Å²) in [7, 11) is 0. The van der Waals surface area contributed by atoms with Crippen LogP contribution in [0.25, 0.3) is 0 Å². The number of carbonyl (C=O) groups excluding carboxylic acids is 3. The van der Waals surface area contributed by atoms with Crippen molar-refractivity contribution in [1.82, 2.24) is 4.90 Å². The summed E-state index contributed by atoms with van der Waals surface area (Å²) < 4.78 is 0. The molecular formula is C24H28N2O3. The normalized spacial score (nSPS) is 17.0. The number of hydrogen-bond donors (Lipinski definition) is 0. The van der Waals surface area contributed by atoms with Crippen LogP contribution in [0.2, 0.25) is 0 Å². The lowest BCUT2D eigenvalue weighted by atomic mass is 9.94. The molecule has 0 aromatic heterocycles. The van der Waals surface area contributed by atoms with Gasteiger partial charge in [-0.25, -0.2) is 4.90 Å². The number of rotatable bonds is 6. The Kier molecular flexibility index (Phi) is 5.87. The average molecular weight is 392 g/mol. The molecule has 1 aliphatic heterocycles. The molecule has 0 saturated carbocycles. The van der Waals surface area contributed by atoms with Crippen LogP contribution < -0.4 is 4.90 Å². The monoisotopic (exact) mass is 392 g/mol. The number of nitrogens with zero attached hydrogens (tertiary/aromatic N) is 2. The Labute approximate surface area is 172 Å². The van der Waals surface area contributed by atoms with Crippen LogP contribution in [0.4, 0.5) is 5.69 Å². The molecule has 3 rings (SSSR count). The molecule has 1 fully saturated rings. The highest BCUT2D eigenvalue weighted by atomic mass is 16.2. The van der Waals surface area contributed by atoms with Gasteiger partial charge in [0.2, 0.25) is 11.8 Å². The van der Waals surface area contributed by atoms with Crippen molar-refractivity contribution < 1.29 is 14.4 Å². The van der Waals surface area contributed by atoms with Crippen molar-refractivity contribution in [2.45, 2.75) is 58.5 Å². The SMILES string of the molecule is CCC(C)(C)N(C(=O)Cc1ccccc1)C1CC(=O)N(c2ccc(C)cc2)C1=O. The highest BCUT2D eigenvalue weighted by Gasteiger charge is 2.48. The van der Waals surface area contributed by atoms with E-state index in [0.29, 0.717) is 12.1 Å². The van der Waals surface area contributed by atoms with Gasteiger partial charge in [0.25, 0.3) is 5.91 Å². The van der Waals surface area contributed by atoms with E-state index < -0.39 is 11.6 Å². The molecule has 1 aliphatic rings. The van der Waals surface area contributed by atoms with Crippen molar-refractivity contribution in [3.05, 3.63) is 65.7 Å². The molecule has 1 unspecified atom stereocenters. The smallest absolute Gasteiger partial charge is 0.257 e. The summed E-state index contributed by atoms with van der Waals surface area (Å²) in [4.78, 5) is 42.2. The highest BCUT2D eigenvalue weighted by molar-refractivity contribution is 6.23. The van der Waals surface area contributed by atoms with E-state index in [0.717, 1.165) is 11.1 Å². The molecule has 1 saturated heterocycles. The van der Waals surface area contributed by atoms with Gasteiger partial charge in [-0.1, -0.05) is 55.0 Å². The van der Waals surface area contributed by atoms with E-state index in [-0.39, 0.29) is 30.6 Å². The summed E-state index contributed by atoms with van der Waals surface area (Å²) in [5, 5.41) is 0. The van der Waals surface area contributed by atoms with Gasteiger partial charge in [-0.3, -0.25) is 14.4 Å². The fourth-order valence-electron chi connectivity index (χ4n) is 3.74. The van der Waals surface area contributed by atoms with Gasteiger partial charge in [-0.15, -0.1) is 0 Å². The van der Waals surface area contributed by atoms with Crippen molar-refractivity contribution in [3.63, 3.8) is 0 Å². The topological polar surface area (TPSA) is 57.7 Å². The number of imide groups is 1. The second-order valence-electron chi connectivity index (χ2n) is 8.21. The minimum Gasteiger partial charge on any atom is -0.325 e. The van der Waals surface area contributed by atoms with Crippen LogP contribution >= 0.6 is 0 Å². The number of anilines is 1. The Morgan fingerprint density at radius 1 is 1.07 bits per heavy atom. The predicted molar refractivity (Wildman–Crippen MR) is 113 cm³/mol. The van der Waals surface area contributed by atoms with Crippen LogP contribution in [0.15, 0.2) is 54.6 Å². The van der Waals surface area contributed by atoms with Crippen LogP contribution in [0.3, 0.4) is 0 Å².